The maximum atomic E-state index is 2.42. The van der Waals surface area contributed by atoms with Crippen LogP contribution >= 0.6 is 0 Å². The number of aromatic nitrogens is 1. The number of nitrogens with zero attached hydrogens (tertiary/aromatic N) is 1. The van der Waals surface area contributed by atoms with Crippen LogP contribution in [-0.2, 0) is 12.8 Å². The van der Waals surface area contributed by atoms with Crippen LogP contribution in [0.4, 0.5) is 0 Å². The van der Waals surface area contributed by atoms with E-state index in [4.69, 9.17) is 0 Å². The number of rotatable bonds is 4. The van der Waals surface area contributed by atoms with E-state index in [1.54, 1.807) is 0 Å². The van der Waals surface area contributed by atoms with Crippen LogP contribution in [-0.4, -0.2) is 4.57 Å². The lowest BCUT2D eigenvalue weighted by molar-refractivity contribution is 0.946. The van der Waals surface area contributed by atoms with Gasteiger partial charge in [0, 0.05) is 5.69 Å². The largest absolute Gasteiger partial charge is 0.313 e. The van der Waals surface area contributed by atoms with E-state index in [-0.39, 0.29) is 0 Å². The molecule has 0 atom stereocenters. The van der Waals surface area contributed by atoms with E-state index < -0.39 is 0 Å². The van der Waals surface area contributed by atoms with Crippen molar-refractivity contribution in [2.75, 3.05) is 0 Å². The molecule has 0 aliphatic rings. The van der Waals surface area contributed by atoms with E-state index in [1.165, 1.54) is 33.8 Å². The van der Waals surface area contributed by atoms with Crippen molar-refractivity contribution in [3.63, 3.8) is 0 Å². The number of benzene rings is 2. The highest BCUT2D eigenvalue weighted by molar-refractivity contribution is 5.66. The highest BCUT2D eigenvalue weighted by atomic mass is 15.0. The fourth-order valence-corrected chi connectivity index (χ4v) is 3.17. The van der Waals surface area contributed by atoms with Crippen molar-refractivity contribution in [1.82, 2.24) is 4.57 Å². The maximum absolute atomic E-state index is 2.42. The van der Waals surface area contributed by atoms with Gasteiger partial charge in [-0.1, -0.05) is 62.4 Å². The first-order chi connectivity index (χ1) is 10.8. The van der Waals surface area contributed by atoms with Crippen molar-refractivity contribution < 1.29 is 0 Å². The topological polar surface area (TPSA) is 4.93 Å². The van der Waals surface area contributed by atoms with Crippen LogP contribution in [0.3, 0.4) is 0 Å². The predicted octanol–water partition coefficient (Wildman–Crippen LogP) is 5.58. The summed E-state index contributed by atoms with van der Waals surface area (Å²) >= 11 is 0. The molecule has 0 saturated carbocycles. The Morgan fingerprint density at radius 1 is 0.727 bits per heavy atom. The molecule has 3 rings (SSSR count). The van der Waals surface area contributed by atoms with Crippen molar-refractivity contribution in [2.24, 2.45) is 0 Å². The normalized spacial score (nSPS) is 10.9. The summed E-state index contributed by atoms with van der Waals surface area (Å²) in [7, 11) is 0. The lowest BCUT2D eigenvalue weighted by atomic mass is 10.0. The van der Waals surface area contributed by atoms with E-state index in [1.807, 2.05) is 0 Å². The minimum Gasteiger partial charge on any atom is -0.313 e. The number of hydrogen-bond donors (Lipinski definition) is 0. The first-order valence-corrected chi connectivity index (χ1v) is 8.11. The molecule has 0 spiro atoms. The minimum atomic E-state index is 1.05. The molecule has 2 aromatic carbocycles. The second kappa shape index (κ2) is 6.23. The van der Waals surface area contributed by atoms with Crippen molar-refractivity contribution in [3.8, 4) is 16.9 Å². The van der Waals surface area contributed by atoms with E-state index in [0.717, 1.165) is 12.8 Å². The number of aryl methyl sites for hydroxylation is 3. The van der Waals surface area contributed by atoms with Gasteiger partial charge in [-0.15, -0.1) is 0 Å². The van der Waals surface area contributed by atoms with E-state index in [9.17, 15) is 0 Å². The smallest absolute Gasteiger partial charge is 0.0531 e. The summed E-state index contributed by atoms with van der Waals surface area (Å²) in [5.41, 5.74) is 8.02. The molecule has 0 unspecified atom stereocenters. The van der Waals surface area contributed by atoms with Crippen LogP contribution in [0.15, 0.2) is 60.7 Å². The van der Waals surface area contributed by atoms with Gasteiger partial charge in [-0.05, 0) is 48.6 Å². The Morgan fingerprint density at radius 3 is 1.95 bits per heavy atom. The highest BCUT2D eigenvalue weighted by Crippen LogP contribution is 2.30. The SMILES string of the molecule is CCc1cccc(CC)c1-n1c(C)ccc1-c1ccccc1. The van der Waals surface area contributed by atoms with Crippen LogP contribution < -0.4 is 0 Å². The van der Waals surface area contributed by atoms with Crippen molar-refractivity contribution in [3.05, 3.63) is 77.5 Å². The molecule has 0 bridgehead atoms. The van der Waals surface area contributed by atoms with Gasteiger partial charge in [0.05, 0.1) is 11.4 Å². The molecule has 1 aromatic heterocycles. The Hall–Kier alpha value is -2.28. The summed E-state index contributed by atoms with van der Waals surface area (Å²) < 4.78 is 2.42. The molecule has 1 nitrogen and oxygen atoms in total. The summed E-state index contributed by atoms with van der Waals surface area (Å²) in [4.78, 5) is 0. The van der Waals surface area contributed by atoms with Crippen molar-refractivity contribution in [2.45, 2.75) is 33.6 Å². The first kappa shape index (κ1) is 14.6. The fraction of sp³-hybridized carbons (Fsp3) is 0.238. The Morgan fingerprint density at radius 2 is 1.36 bits per heavy atom. The Balaban J connectivity index is 2.28. The molecule has 0 amide bonds. The zero-order valence-electron chi connectivity index (χ0n) is 13.6. The average molecular weight is 289 g/mol. The minimum absolute atomic E-state index is 1.05. The van der Waals surface area contributed by atoms with Gasteiger partial charge in [0.1, 0.15) is 0 Å². The molecule has 1 heteroatoms. The summed E-state index contributed by atoms with van der Waals surface area (Å²) in [5, 5.41) is 0. The van der Waals surface area contributed by atoms with E-state index in [0.29, 0.717) is 0 Å². The lowest BCUT2D eigenvalue weighted by Gasteiger charge is -2.19. The summed E-state index contributed by atoms with van der Waals surface area (Å²) in [5.74, 6) is 0. The molecular weight excluding hydrogens is 266 g/mol. The molecule has 0 N–H and O–H groups in total. The Kier molecular flexibility index (Phi) is 4.15. The van der Waals surface area contributed by atoms with Gasteiger partial charge >= 0.3 is 0 Å². The highest BCUT2D eigenvalue weighted by Gasteiger charge is 2.14. The molecule has 0 radical (unpaired) electrons. The average Bonchev–Trinajstić information content (AvgIpc) is 2.96. The van der Waals surface area contributed by atoms with E-state index >= 15 is 0 Å². The molecular formula is C21H23N. The summed E-state index contributed by atoms with van der Waals surface area (Å²) in [6.45, 7) is 6.66. The standard InChI is InChI=1S/C21H23N/c1-4-17-12-9-13-18(5-2)21(17)22-16(3)14-15-20(22)19-10-7-6-8-11-19/h6-15H,4-5H2,1-3H3. The second-order valence-corrected chi connectivity index (χ2v) is 5.69. The number of hydrogen-bond acceptors (Lipinski definition) is 0. The van der Waals surface area contributed by atoms with Crippen molar-refractivity contribution in [1.29, 1.82) is 0 Å². The molecule has 112 valence electrons. The van der Waals surface area contributed by atoms with E-state index in [2.05, 4.69) is 86.0 Å². The molecule has 0 saturated heterocycles. The zero-order valence-corrected chi connectivity index (χ0v) is 13.6. The maximum Gasteiger partial charge on any atom is 0.0531 e. The summed E-state index contributed by atoms with van der Waals surface area (Å²) in [6, 6.07) is 21.8. The van der Waals surface area contributed by atoms with Crippen LogP contribution in [0.25, 0.3) is 16.9 Å². The molecule has 0 fully saturated rings. The lowest BCUT2D eigenvalue weighted by Crippen LogP contribution is -2.06. The van der Waals surface area contributed by atoms with Crippen LogP contribution in [0, 0.1) is 6.92 Å². The molecule has 3 aromatic rings. The monoisotopic (exact) mass is 289 g/mol. The zero-order chi connectivity index (χ0) is 15.5. The molecule has 0 aliphatic heterocycles. The third-order valence-corrected chi connectivity index (χ3v) is 4.33. The van der Waals surface area contributed by atoms with Gasteiger partial charge in [-0.2, -0.15) is 0 Å². The molecule has 0 aliphatic carbocycles. The molecule has 1 heterocycles. The van der Waals surface area contributed by atoms with Gasteiger partial charge < -0.3 is 4.57 Å². The number of para-hydroxylation sites is 1. The van der Waals surface area contributed by atoms with Crippen LogP contribution in [0.1, 0.15) is 30.7 Å². The Labute approximate surface area is 133 Å². The van der Waals surface area contributed by atoms with Crippen LogP contribution in [0.5, 0.6) is 0 Å². The van der Waals surface area contributed by atoms with Crippen molar-refractivity contribution >= 4 is 0 Å². The van der Waals surface area contributed by atoms with Gasteiger partial charge in [0.2, 0.25) is 0 Å². The molecule has 22 heavy (non-hydrogen) atoms. The van der Waals surface area contributed by atoms with Crippen LogP contribution in [0.2, 0.25) is 0 Å². The van der Waals surface area contributed by atoms with Gasteiger partial charge in [0.25, 0.3) is 0 Å². The van der Waals surface area contributed by atoms with Gasteiger partial charge in [-0.25, -0.2) is 0 Å². The Bertz CT molecular complexity index is 744. The first-order valence-electron chi connectivity index (χ1n) is 8.11. The second-order valence-electron chi connectivity index (χ2n) is 5.69. The van der Waals surface area contributed by atoms with Gasteiger partial charge in [-0.3, -0.25) is 0 Å². The third-order valence-electron chi connectivity index (χ3n) is 4.33. The fourth-order valence-electron chi connectivity index (χ4n) is 3.17. The predicted molar refractivity (Wildman–Crippen MR) is 94.7 cm³/mol. The quantitative estimate of drug-likeness (QED) is 0.591. The van der Waals surface area contributed by atoms with Gasteiger partial charge in [0.15, 0.2) is 0 Å². The summed E-state index contributed by atoms with van der Waals surface area (Å²) in [6.07, 6.45) is 2.10. The third kappa shape index (κ3) is 2.48.